The Morgan fingerprint density at radius 1 is 1.14 bits per heavy atom. The molecule has 0 aromatic rings. The summed E-state index contributed by atoms with van der Waals surface area (Å²) in [5.74, 6) is -2.18. The topological polar surface area (TPSA) is 55.1 Å². The molecule has 2 rings (SSSR count). The summed E-state index contributed by atoms with van der Waals surface area (Å²) in [6.45, 7) is 0. The molecule has 21 heavy (non-hydrogen) atoms. The molecule has 0 spiro atoms. The molecule has 0 radical (unpaired) electrons. The minimum absolute atomic E-state index is 0.0223. The Labute approximate surface area is 127 Å². The fraction of sp³-hybridized carbons (Fsp3) is 0.857. The van der Waals surface area contributed by atoms with Gasteiger partial charge in [-0.05, 0) is 32.1 Å². The van der Waals surface area contributed by atoms with Gasteiger partial charge in [0.05, 0.1) is 10.9 Å². The molecular weight excluding hydrogens is 301 g/mol. The summed E-state index contributed by atoms with van der Waals surface area (Å²) in [7, 11) is 0. The first kappa shape index (κ1) is 16.5. The highest BCUT2D eigenvalue weighted by molar-refractivity contribution is 7.80. The number of alkyl halides is 3. The molecule has 0 aromatic heterocycles. The summed E-state index contributed by atoms with van der Waals surface area (Å²) in [6.07, 6.45) is -0.615. The largest absolute Gasteiger partial charge is 0.393 e. The zero-order valence-electron chi connectivity index (χ0n) is 11.8. The van der Waals surface area contributed by atoms with Gasteiger partial charge in [0.25, 0.3) is 0 Å². The molecule has 4 unspecified atom stereocenters. The van der Waals surface area contributed by atoms with Crippen LogP contribution in [0, 0.1) is 17.8 Å². The lowest BCUT2D eigenvalue weighted by Crippen LogP contribution is -2.45. The van der Waals surface area contributed by atoms with Crippen molar-refractivity contribution in [1.29, 1.82) is 0 Å². The van der Waals surface area contributed by atoms with E-state index in [4.69, 9.17) is 18.0 Å². The van der Waals surface area contributed by atoms with Crippen LogP contribution in [0.3, 0.4) is 0 Å². The van der Waals surface area contributed by atoms with Crippen molar-refractivity contribution in [2.24, 2.45) is 23.5 Å². The number of nitrogens with one attached hydrogen (secondary N) is 1. The van der Waals surface area contributed by atoms with Gasteiger partial charge in [0.2, 0.25) is 5.91 Å². The number of thiocarbonyl (C=S) groups is 1. The van der Waals surface area contributed by atoms with Crippen molar-refractivity contribution in [1.82, 2.24) is 5.32 Å². The SMILES string of the molecule is NC(=S)C1CCCC1NC(=O)C1CCCC(C(F)(F)F)C1. The molecule has 2 aliphatic rings. The summed E-state index contributed by atoms with van der Waals surface area (Å²) in [5.41, 5.74) is 5.65. The molecule has 0 heterocycles. The molecule has 0 saturated heterocycles. The van der Waals surface area contributed by atoms with Gasteiger partial charge in [-0.2, -0.15) is 13.2 Å². The van der Waals surface area contributed by atoms with Crippen LogP contribution in [0.2, 0.25) is 0 Å². The van der Waals surface area contributed by atoms with Gasteiger partial charge in [0, 0.05) is 17.9 Å². The molecular formula is C14H21F3N2OS. The van der Waals surface area contributed by atoms with E-state index in [0.29, 0.717) is 17.8 Å². The van der Waals surface area contributed by atoms with Gasteiger partial charge in [0.1, 0.15) is 0 Å². The van der Waals surface area contributed by atoms with E-state index in [-0.39, 0.29) is 30.7 Å². The highest BCUT2D eigenvalue weighted by atomic mass is 32.1. The van der Waals surface area contributed by atoms with Crippen LogP contribution in [-0.4, -0.2) is 23.1 Å². The van der Waals surface area contributed by atoms with Crippen LogP contribution >= 0.6 is 12.2 Å². The third-order valence-corrected chi connectivity index (χ3v) is 5.02. The van der Waals surface area contributed by atoms with Crippen molar-refractivity contribution >= 4 is 23.1 Å². The predicted octanol–water partition coefficient (Wildman–Crippen LogP) is 2.93. The third kappa shape index (κ3) is 4.08. The standard InChI is InChI=1S/C14H21F3N2OS/c15-14(16,17)9-4-1-3-8(7-9)13(20)19-11-6-2-5-10(11)12(18)21/h8-11H,1-7H2,(H2,18,21)(H,19,20). The molecule has 2 fully saturated rings. The molecule has 0 bridgehead atoms. The monoisotopic (exact) mass is 322 g/mol. The van der Waals surface area contributed by atoms with Gasteiger partial charge in [0.15, 0.2) is 0 Å². The van der Waals surface area contributed by atoms with E-state index in [1.165, 1.54) is 0 Å². The maximum Gasteiger partial charge on any atom is 0.391 e. The molecule has 7 heteroatoms. The fourth-order valence-electron chi connectivity index (χ4n) is 3.50. The second-order valence-electron chi connectivity index (χ2n) is 6.16. The molecule has 2 saturated carbocycles. The normalized spacial score (nSPS) is 33.7. The summed E-state index contributed by atoms with van der Waals surface area (Å²) in [6, 6.07) is -0.110. The molecule has 0 aromatic carbocycles. The Morgan fingerprint density at radius 2 is 1.81 bits per heavy atom. The smallest absolute Gasteiger partial charge is 0.391 e. The van der Waals surface area contributed by atoms with Gasteiger partial charge < -0.3 is 11.1 Å². The quantitative estimate of drug-likeness (QED) is 0.786. The highest BCUT2D eigenvalue weighted by Crippen LogP contribution is 2.40. The summed E-state index contributed by atoms with van der Waals surface area (Å²) in [5, 5.41) is 2.88. The number of halogens is 3. The second kappa shape index (κ2) is 6.50. The van der Waals surface area contributed by atoms with Gasteiger partial charge in [-0.1, -0.05) is 25.1 Å². The first-order chi connectivity index (χ1) is 9.79. The minimum Gasteiger partial charge on any atom is -0.393 e. The first-order valence-electron chi connectivity index (χ1n) is 7.45. The number of rotatable bonds is 3. The van der Waals surface area contributed by atoms with Crippen molar-refractivity contribution < 1.29 is 18.0 Å². The maximum atomic E-state index is 12.8. The summed E-state index contributed by atoms with van der Waals surface area (Å²) in [4.78, 5) is 12.6. The van der Waals surface area contributed by atoms with E-state index in [2.05, 4.69) is 5.32 Å². The lowest BCUT2D eigenvalue weighted by atomic mass is 9.80. The molecule has 4 atom stereocenters. The highest BCUT2D eigenvalue weighted by Gasteiger charge is 2.44. The average molecular weight is 322 g/mol. The lowest BCUT2D eigenvalue weighted by molar-refractivity contribution is -0.186. The Hall–Kier alpha value is -0.850. The third-order valence-electron chi connectivity index (χ3n) is 4.72. The zero-order valence-corrected chi connectivity index (χ0v) is 12.6. The number of nitrogens with two attached hydrogens (primary N) is 1. The van der Waals surface area contributed by atoms with E-state index in [1.807, 2.05) is 0 Å². The Bertz CT molecular complexity index is 414. The average Bonchev–Trinajstić information content (AvgIpc) is 2.86. The molecule has 1 amide bonds. The molecule has 0 aliphatic heterocycles. The van der Waals surface area contributed by atoms with Gasteiger partial charge in [-0.15, -0.1) is 0 Å². The van der Waals surface area contributed by atoms with Crippen LogP contribution in [0.25, 0.3) is 0 Å². The van der Waals surface area contributed by atoms with Crippen molar-refractivity contribution in [2.45, 2.75) is 57.2 Å². The fourth-order valence-corrected chi connectivity index (χ4v) is 3.78. The number of carbonyl (C=O) groups excluding carboxylic acids is 1. The number of carbonyl (C=O) groups is 1. The molecule has 3 nitrogen and oxygen atoms in total. The summed E-state index contributed by atoms with van der Waals surface area (Å²) >= 11 is 4.99. The van der Waals surface area contributed by atoms with E-state index >= 15 is 0 Å². The maximum absolute atomic E-state index is 12.8. The molecule has 2 aliphatic carbocycles. The summed E-state index contributed by atoms with van der Waals surface area (Å²) < 4.78 is 38.4. The van der Waals surface area contributed by atoms with E-state index in [9.17, 15) is 18.0 Å². The van der Waals surface area contributed by atoms with E-state index in [0.717, 1.165) is 19.3 Å². The number of amides is 1. The van der Waals surface area contributed by atoms with Crippen molar-refractivity contribution in [2.75, 3.05) is 0 Å². The van der Waals surface area contributed by atoms with Crippen LogP contribution in [-0.2, 0) is 4.79 Å². The second-order valence-corrected chi connectivity index (χ2v) is 6.63. The Kier molecular flexibility index (Phi) is 5.11. The van der Waals surface area contributed by atoms with Gasteiger partial charge >= 0.3 is 6.18 Å². The van der Waals surface area contributed by atoms with E-state index in [1.54, 1.807) is 0 Å². The van der Waals surface area contributed by atoms with Crippen LogP contribution in [0.5, 0.6) is 0 Å². The zero-order chi connectivity index (χ0) is 15.6. The first-order valence-corrected chi connectivity index (χ1v) is 7.86. The number of hydrogen-bond acceptors (Lipinski definition) is 2. The van der Waals surface area contributed by atoms with E-state index < -0.39 is 18.0 Å². The van der Waals surface area contributed by atoms with Gasteiger partial charge in [-0.25, -0.2) is 0 Å². The van der Waals surface area contributed by atoms with Crippen molar-refractivity contribution in [3.8, 4) is 0 Å². The predicted molar refractivity (Wildman–Crippen MR) is 77.6 cm³/mol. The van der Waals surface area contributed by atoms with Crippen molar-refractivity contribution in [3.63, 3.8) is 0 Å². The van der Waals surface area contributed by atoms with Gasteiger partial charge in [-0.3, -0.25) is 4.79 Å². The molecule has 3 N–H and O–H groups in total. The van der Waals surface area contributed by atoms with Crippen LogP contribution in [0.4, 0.5) is 13.2 Å². The Balaban J connectivity index is 1.92. The minimum atomic E-state index is -4.20. The lowest BCUT2D eigenvalue weighted by Gasteiger charge is -2.31. The van der Waals surface area contributed by atoms with Crippen LogP contribution < -0.4 is 11.1 Å². The van der Waals surface area contributed by atoms with Crippen LogP contribution in [0.1, 0.15) is 44.9 Å². The Morgan fingerprint density at radius 3 is 2.43 bits per heavy atom. The molecule has 120 valence electrons. The van der Waals surface area contributed by atoms with Crippen molar-refractivity contribution in [3.05, 3.63) is 0 Å². The van der Waals surface area contributed by atoms with Crippen LogP contribution in [0.15, 0.2) is 0 Å². The number of hydrogen-bond donors (Lipinski definition) is 2.